The summed E-state index contributed by atoms with van der Waals surface area (Å²) in [6.45, 7) is 0. The van der Waals surface area contributed by atoms with E-state index in [9.17, 15) is 14.9 Å². The highest BCUT2D eigenvalue weighted by atomic mass is 16.6. The van der Waals surface area contributed by atoms with E-state index >= 15 is 0 Å². The zero-order chi connectivity index (χ0) is 18.5. The molecule has 0 aliphatic heterocycles. The number of hydrogen-bond acceptors (Lipinski definition) is 5. The van der Waals surface area contributed by atoms with Gasteiger partial charge in [0.2, 0.25) is 0 Å². The normalized spacial score (nSPS) is 10.8. The second kappa shape index (κ2) is 7.48. The maximum absolute atomic E-state index is 12.2. The molecule has 0 saturated heterocycles. The Bertz CT molecular complexity index is 970. The molecule has 0 radical (unpaired) electrons. The third kappa shape index (κ3) is 3.87. The van der Waals surface area contributed by atoms with Gasteiger partial charge in [-0.15, -0.1) is 0 Å². The van der Waals surface area contributed by atoms with Gasteiger partial charge in [0.1, 0.15) is 17.3 Å². The molecule has 3 rings (SSSR count). The van der Waals surface area contributed by atoms with Crippen molar-refractivity contribution in [3.63, 3.8) is 0 Å². The lowest BCUT2D eigenvalue weighted by atomic mass is 10.1. The summed E-state index contributed by atoms with van der Waals surface area (Å²) < 4.78 is 10.7. The number of rotatable bonds is 6. The highest BCUT2D eigenvalue weighted by molar-refractivity contribution is 6.06. The van der Waals surface area contributed by atoms with Crippen LogP contribution in [0.25, 0.3) is 17.4 Å². The van der Waals surface area contributed by atoms with Crippen molar-refractivity contribution in [1.82, 2.24) is 0 Å². The average molecular weight is 349 g/mol. The lowest BCUT2D eigenvalue weighted by Crippen LogP contribution is -1.93. The lowest BCUT2D eigenvalue weighted by molar-refractivity contribution is -0.384. The maximum atomic E-state index is 12.2. The molecule has 0 atom stereocenters. The van der Waals surface area contributed by atoms with Crippen molar-refractivity contribution in [3.8, 4) is 17.1 Å². The molecule has 0 unspecified atom stereocenters. The predicted molar refractivity (Wildman–Crippen MR) is 97.2 cm³/mol. The number of furan rings is 1. The Kier molecular flexibility index (Phi) is 4.94. The average Bonchev–Trinajstić information content (AvgIpc) is 3.15. The Labute approximate surface area is 149 Å². The monoisotopic (exact) mass is 349 g/mol. The number of hydrogen-bond donors (Lipinski definition) is 0. The lowest BCUT2D eigenvalue weighted by Gasteiger charge is -1.99. The molecule has 0 amide bonds. The van der Waals surface area contributed by atoms with Gasteiger partial charge < -0.3 is 9.15 Å². The Morgan fingerprint density at radius 2 is 1.88 bits per heavy atom. The highest BCUT2D eigenvalue weighted by Crippen LogP contribution is 2.26. The van der Waals surface area contributed by atoms with Gasteiger partial charge in [0, 0.05) is 23.3 Å². The van der Waals surface area contributed by atoms with E-state index in [0.717, 1.165) is 0 Å². The van der Waals surface area contributed by atoms with Gasteiger partial charge >= 0.3 is 0 Å². The minimum Gasteiger partial charge on any atom is -0.497 e. The summed E-state index contributed by atoms with van der Waals surface area (Å²) in [6, 6.07) is 16.4. The Morgan fingerprint density at radius 1 is 1.12 bits per heavy atom. The minimum atomic E-state index is -0.458. The number of ether oxygens (including phenoxy) is 1. The summed E-state index contributed by atoms with van der Waals surface area (Å²) in [7, 11) is 1.56. The van der Waals surface area contributed by atoms with Gasteiger partial charge in [-0.2, -0.15) is 0 Å². The van der Waals surface area contributed by atoms with Crippen LogP contribution in [0.1, 0.15) is 16.1 Å². The second-order valence-electron chi connectivity index (χ2n) is 5.44. The van der Waals surface area contributed by atoms with Crippen LogP contribution in [-0.2, 0) is 0 Å². The first-order chi connectivity index (χ1) is 12.6. The molecule has 26 heavy (non-hydrogen) atoms. The quantitative estimate of drug-likeness (QED) is 0.277. The fraction of sp³-hybridized carbons (Fsp3) is 0.0500. The first kappa shape index (κ1) is 17.2. The standard InChI is InChI=1S/C20H15NO5/c1-25-17-7-5-14(6-8-17)19(22)11-9-18-10-12-20(26-18)15-3-2-4-16(13-15)21(23)24/h2-13H,1H3/b11-9+. The molecule has 0 bridgehead atoms. The van der Waals surface area contributed by atoms with Gasteiger partial charge in [0.15, 0.2) is 5.78 Å². The number of methoxy groups -OCH3 is 1. The number of carbonyl (C=O) groups excluding carboxylic acids is 1. The van der Waals surface area contributed by atoms with Crippen LogP contribution < -0.4 is 4.74 Å². The molecule has 6 heteroatoms. The van der Waals surface area contributed by atoms with Crippen LogP contribution in [0.4, 0.5) is 5.69 Å². The van der Waals surface area contributed by atoms with Crippen molar-refractivity contribution in [1.29, 1.82) is 0 Å². The highest BCUT2D eigenvalue weighted by Gasteiger charge is 2.10. The molecule has 2 aromatic carbocycles. The largest absolute Gasteiger partial charge is 0.497 e. The van der Waals surface area contributed by atoms with Gasteiger partial charge in [-0.25, -0.2) is 0 Å². The SMILES string of the molecule is COc1ccc(C(=O)/C=C/c2ccc(-c3cccc([N+](=O)[O-])c3)o2)cc1. The fourth-order valence-corrected chi connectivity index (χ4v) is 2.38. The van der Waals surface area contributed by atoms with E-state index in [1.54, 1.807) is 61.7 Å². The van der Waals surface area contributed by atoms with Gasteiger partial charge in [-0.1, -0.05) is 12.1 Å². The number of nitro benzene ring substituents is 1. The Morgan fingerprint density at radius 3 is 2.58 bits per heavy atom. The van der Waals surface area contributed by atoms with Crippen LogP contribution in [0.3, 0.4) is 0 Å². The van der Waals surface area contributed by atoms with E-state index in [1.807, 2.05) is 0 Å². The van der Waals surface area contributed by atoms with E-state index in [-0.39, 0.29) is 11.5 Å². The van der Waals surface area contributed by atoms with Crippen LogP contribution in [-0.4, -0.2) is 17.8 Å². The second-order valence-corrected chi connectivity index (χ2v) is 5.44. The van der Waals surface area contributed by atoms with Crippen LogP contribution >= 0.6 is 0 Å². The van der Waals surface area contributed by atoms with Crippen LogP contribution in [0, 0.1) is 10.1 Å². The van der Waals surface area contributed by atoms with E-state index < -0.39 is 4.92 Å². The number of carbonyl (C=O) groups is 1. The number of nitrogens with zero attached hydrogens (tertiary/aromatic N) is 1. The molecular formula is C20H15NO5. The molecule has 0 saturated carbocycles. The van der Waals surface area contributed by atoms with E-state index in [2.05, 4.69) is 0 Å². The van der Waals surface area contributed by atoms with Gasteiger partial charge in [0.25, 0.3) is 5.69 Å². The third-order valence-electron chi connectivity index (χ3n) is 3.74. The topological polar surface area (TPSA) is 82.6 Å². The van der Waals surface area contributed by atoms with Crippen molar-refractivity contribution in [2.24, 2.45) is 0 Å². The van der Waals surface area contributed by atoms with E-state index in [0.29, 0.717) is 28.4 Å². The van der Waals surface area contributed by atoms with Gasteiger partial charge in [-0.05, 0) is 48.6 Å². The molecule has 6 nitrogen and oxygen atoms in total. The van der Waals surface area contributed by atoms with E-state index in [4.69, 9.17) is 9.15 Å². The first-order valence-corrected chi connectivity index (χ1v) is 7.78. The fourth-order valence-electron chi connectivity index (χ4n) is 2.38. The minimum absolute atomic E-state index is 0.00863. The molecule has 0 aliphatic rings. The number of non-ortho nitro benzene ring substituents is 1. The number of allylic oxidation sites excluding steroid dienone is 1. The van der Waals surface area contributed by atoms with Gasteiger partial charge in [0.05, 0.1) is 12.0 Å². The summed E-state index contributed by atoms with van der Waals surface area (Å²) in [5, 5.41) is 10.9. The molecule has 0 spiro atoms. The Balaban J connectivity index is 1.75. The van der Waals surface area contributed by atoms with Crippen molar-refractivity contribution in [3.05, 3.63) is 88.2 Å². The molecule has 0 fully saturated rings. The molecule has 0 N–H and O–H groups in total. The smallest absolute Gasteiger partial charge is 0.270 e. The van der Waals surface area contributed by atoms with Crippen molar-refractivity contribution < 1.29 is 18.9 Å². The maximum Gasteiger partial charge on any atom is 0.270 e. The zero-order valence-corrected chi connectivity index (χ0v) is 13.9. The van der Waals surface area contributed by atoms with Crippen LogP contribution in [0.5, 0.6) is 5.75 Å². The molecule has 1 aromatic heterocycles. The van der Waals surface area contributed by atoms with E-state index in [1.165, 1.54) is 18.2 Å². The van der Waals surface area contributed by atoms with Crippen LogP contribution in [0.15, 0.2) is 71.2 Å². The summed E-state index contributed by atoms with van der Waals surface area (Å²) >= 11 is 0. The summed E-state index contributed by atoms with van der Waals surface area (Å²) in [5.41, 5.74) is 1.12. The molecule has 1 heterocycles. The predicted octanol–water partition coefficient (Wildman–Crippen LogP) is 4.76. The molecule has 3 aromatic rings. The summed E-state index contributed by atoms with van der Waals surface area (Å²) in [4.78, 5) is 22.6. The van der Waals surface area contributed by atoms with Crippen molar-refractivity contribution in [2.75, 3.05) is 7.11 Å². The summed E-state index contributed by atoms with van der Waals surface area (Å²) in [5.74, 6) is 1.48. The third-order valence-corrected chi connectivity index (χ3v) is 3.74. The van der Waals surface area contributed by atoms with Gasteiger partial charge in [-0.3, -0.25) is 14.9 Å². The summed E-state index contributed by atoms with van der Waals surface area (Å²) in [6.07, 6.45) is 2.98. The van der Waals surface area contributed by atoms with Crippen molar-refractivity contribution in [2.45, 2.75) is 0 Å². The number of ketones is 1. The Hall–Kier alpha value is -3.67. The number of nitro groups is 1. The van der Waals surface area contributed by atoms with Crippen molar-refractivity contribution >= 4 is 17.5 Å². The molecule has 130 valence electrons. The zero-order valence-electron chi connectivity index (χ0n) is 13.9. The molecular weight excluding hydrogens is 334 g/mol. The molecule has 0 aliphatic carbocycles. The van der Waals surface area contributed by atoms with Crippen LogP contribution in [0.2, 0.25) is 0 Å². The first-order valence-electron chi connectivity index (χ1n) is 7.78. The number of benzene rings is 2.